The van der Waals surface area contributed by atoms with Crippen molar-refractivity contribution in [3.8, 4) is 0 Å². The van der Waals surface area contributed by atoms with Gasteiger partial charge in [0.25, 0.3) is 0 Å². The molecule has 0 spiro atoms. The van der Waals surface area contributed by atoms with Crippen LogP contribution in [-0.2, 0) is 19.7 Å². The molecule has 0 unspecified atom stereocenters. The van der Waals surface area contributed by atoms with Crippen LogP contribution in [0, 0.1) is 0 Å². The van der Waals surface area contributed by atoms with E-state index in [9.17, 15) is 13.2 Å². The molecule has 1 N–H and O–H groups in total. The van der Waals surface area contributed by atoms with Gasteiger partial charge < -0.3 is 4.74 Å². The molecule has 0 atom stereocenters. The molecule has 1 aliphatic rings. The number of rotatable bonds is 2. The zero-order valence-electron chi connectivity index (χ0n) is 7.77. The smallest absolute Gasteiger partial charge is 0.357 e. The SMILES string of the molecule is CCOC(=O)C1=NS(=O)(=O)NC(C)=C1. The second-order valence-electron chi connectivity index (χ2n) is 2.60. The van der Waals surface area contributed by atoms with E-state index in [2.05, 4.69) is 13.9 Å². The summed E-state index contributed by atoms with van der Waals surface area (Å²) < 4.78 is 32.0. The van der Waals surface area contributed by atoms with Crippen LogP contribution in [0.5, 0.6) is 0 Å². The normalized spacial score (nSPS) is 19.0. The van der Waals surface area contributed by atoms with E-state index in [0.29, 0.717) is 5.70 Å². The summed E-state index contributed by atoms with van der Waals surface area (Å²) in [5, 5.41) is 0. The van der Waals surface area contributed by atoms with Gasteiger partial charge in [-0.25, -0.2) is 4.79 Å². The fourth-order valence-corrected chi connectivity index (χ4v) is 1.82. The summed E-state index contributed by atoms with van der Waals surface area (Å²) in [5.74, 6) is -0.739. The number of carbonyl (C=O) groups excluding carboxylic acids is 1. The van der Waals surface area contributed by atoms with Crippen LogP contribution in [0.1, 0.15) is 13.8 Å². The van der Waals surface area contributed by atoms with Crippen molar-refractivity contribution in [2.75, 3.05) is 6.61 Å². The molecular formula is C7H10N2O4S. The van der Waals surface area contributed by atoms with Crippen molar-refractivity contribution in [2.45, 2.75) is 13.8 Å². The third-order valence-electron chi connectivity index (χ3n) is 1.35. The summed E-state index contributed by atoms with van der Waals surface area (Å²) in [6, 6.07) is 0. The molecule has 7 heteroatoms. The lowest BCUT2D eigenvalue weighted by Crippen LogP contribution is -2.29. The Kier molecular flexibility index (Phi) is 2.90. The molecular weight excluding hydrogens is 208 g/mol. The molecule has 14 heavy (non-hydrogen) atoms. The van der Waals surface area contributed by atoms with E-state index in [4.69, 9.17) is 0 Å². The summed E-state index contributed by atoms with van der Waals surface area (Å²) in [5.41, 5.74) is 0.131. The van der Waals surface area contributed by atoms with E-state index in [-0.39, 0.29) is 12.3 Å². The predicted molar refractivity (Wildman–Crippen MR) is 49.9 cm³/mol. The van der Waals surface area contributed by atoms with Crippen LogP contribution in [-0.4, -0.2) is 26.7 Å². The Labute approximate surface area is 81.8 Å². The molecule has 0 saturated carbocycles. The summed E-state index contributed by atoms with van der Waals surface area (Å²) in [4.78, 5) is 11.1. The number of allylic oxidation sites excluding steroid dienone is 1. The molecule has 0 bridgehead atoms. The van der Waals surface area contributed by atoms with Gasteiger partial charge in [0.05, 0.1) is 6.61 Å². The Hall–Kier alpha value is -1.37. The monoisotopic (exact) mass is 218 g/mol. The van der Waals surface area contributed by atoms with Gasteiger partial charge in [-0.1, -0.05) is 0 Å². The molecule has 1 heterocycles. The van der Waals surface area contributed by atoms with Crippen LogP contribution in [0.3, 0.4) is 0 Å². The van der Waals surface area contributed by atoms with Crippen LogP contribution in [0.4, 0.5) is 0 Å². The quantitative estimate of drug-likeness (QED) is 0.647. The van der Waals surface area contributed by atoms with Gasteiger partial charge in [0.2, 0.25) is 0 Å². The molecule has 0 aromatic rings. The zero-order valence-corrected chi connectivity index (χ0v) is 8.59. The third kappa shape index (κ3) is 2.56. The van der Waals surface area contributed by atoms with Crippen LogP contribution in [0.25, 0.3) is 0 Å². The van der Waals surface area contributed by atoms with E-state index < -0.39 is 16.2 Å². The highest BCUT2D eigenvalue weighted by Crippen LogP contribution is 2.04. The maximum atomic E-state index is 11.1. The first-order valence-electron chi connectivity index (χ1n) is 3.93. The lowest BCUT2D eigenvalue weighted by atomic mass is 10.3. The second-order valence-corrected chi connectivity index (χ2v) is 3.94. The molecule has 6 nitrogen and oxygen atoms in total. The first-order chi connectivity index (χ1) is 6.44. The highest BCUT2D eigenvalue weighted by molar-refractivity contribution is 7.88. The molecule has 1 rings (SSSR count). The fourth-order valence-electron chi connectivity index (χ4n) is 0.918. The summed E-state index contributed by atoms with van der Waals surface area (Å²) >= 11 is 0. The van der Waals surface area contributed by atoms with Crippen LogP contribution in [0.15, 0.2) is 16.2 Å². The Balaban J connectivity index is 2.99. The van der Waals surface area contributed by atoms with Gasteiger partial charge in [-0.2, -0.15) is 8.42 Å². The second kappa shape index (κ2) is 3.79. The van der Waals surface area contributed by atoms with Gasteiger partial charge >= 0.3 is 16.2 Å². The summed E-state index contributed by atoms with van der Waals surface area (Å²) in [7, 11) is -3.78. The maximum Gasteiger partial charge on any atom is 0.357 e. The number of hydrogen-bond donors (Lipinski definition) is 1. The molecule has 0 aromatic carbocycles. The molecule has 1 aliphatic heterocycles. The van der Waals surface area contributed by atoms with E-state index in [1.165, 1.54) is 13.0 Å². The fraction of sp³-hybridized carbons (Fsp3) is 0.429. The molecule has 0 aromatic heterocycles. The topological polar surface area (TPSA) is 84.8 Å². The zero-order chi connectivity index (χ0) is 10.8. The van der Waals surface area contributed by atoms with Gasteiger partial charge in [0.15, 0.2) is 5.71 Å². The van der Waals surface area contributed by atoms with Crippen LogP contribution >= 0.6 is 0 Å². The standard InChI is InChI=1S/C7H10N2O4S/c1-3-13-7(10)6-4-5(2)8-14(11,12)9-6/h4,8H,3H2,1-2H3. The highest BCUT2D eigenvalue weighted by Gasteiger charge is 2.20. The Morgan fingerprint density at radius 2 is 2.29 bits per heavy atom. The molecule has 78 valence electrons. The van der Waals surface area contributed by atoms with E-state index in [1.54, 1.807) is 6.92 Å². The van der Waals surface area contributed by atoms with E-state index in [0.717, 1.165) is 0 Å². The minimum absolute atomic E-state index is 0.179. The van der Waals surface area contributed by atoms with E-state index >= 15 is 0 Å². The molecule has 0 saturated heterocycles. The minimum Gasteiger partial charge on any atom is -0.461 e. The molecule has 0 amide bonds. The highest BCUT2D eigenvalue weighted by atomic mass is 32.2. The van der Waals surface area contributed by atoms with E-state index in [1.807, 2.05) is 0 Å². The van der Waals surface area contributed by atoms with Crippen molar-refractivity contribution in [3.05, 3.63) is 11.8 Å². The maximum absolute atomic E-state index is 11.1. The average Bonchev–Trinajstić information content (AvgIpc) is 2.00. The Morgan fingerprint density at radius 1 is 1.64 bits per heavy atom. The lowest BCUT2D eigenvalue weighted by molar-refractivity contribution is -0.134. The number of carbonyl (C=O) groups is 1. The first kappa shape index (κ1) is 10.7. The van der Waals surface area contributed by atoms with Gasteiger partial charge in [-0.3, -0.25) is 4.72 Å². The number of nitrogens with zero attached hydrogens (tertiary/aromatic N) is 1. The average molecular weight is 218 g/mol. The largest absolute Gasteiger partial charge is 0.461 e. The Morgan fingerprint density at radius 3 is 2.79 bits per heavy atom. The number of hydrogen-bond acceptors (Lipinski definition) is 4. The van der Waals surface area contributed by atoms with Gasteiger partial charge in [-0.05, 0) is 19.9 Å². The minimum atomic E-state index is -3.78. The molecule has 0 fully saturated rings. The van der Waals surface area contributed by atoms with Crippen molar-refractivity contribution in [1.82, 2.24) is 4.72 Å². The van der Waals surface area contributed by atoms with Crippen LogP contribution < -0.4 is 4.72 Å². The van der Waals surface area contributed by atoms with Crippen molar-refractivity contribution >= 4 is 21.9 Å². The Bertz CT molecular complexity index is 407. The van der Waals surface area contributed by atoms with Crippen LogP contribution in [0.2, 0.25) is 0 Å². The van der Waals surface area contributed by atoms with Gasteiger partial charge in [0, 0.05) is 5.70 Å². The van der Waals surface area contributed by atoms with Gasteiger partial charge in [0.1, 0.15) is 0 Å². The van der Waals surface area contributed by atoms with Crippen molar-refractivity contribution in [1.29, 1.82) is 0 Å². The molecule has 0 radical (unpaired) electrons. The first-order valence-corrected chi connectivity index (χ1v) is 5.37. The number of ether oxygens (including phenoxy) is 1. The summed E-state index contributed by atoms with van der Waals surface area (Å²) in [6.07, 6.45) is 1.32. The van der Waals surface area contributed by atoms with Crippen molar-refractivity contribution < 1.29 is 17.9 Å². The summed E-state index contributed by atoms with van der Waals surface area (Å²) in [6.45, 7) is 3.33. The third-order valence-corrected chi connectivity index (χ3v) is 2.36. The predicted octanol–water partition coefficient (Wildman–Crippen LogP) is -0.258. The van der Waals surface area contributed by atoms with Crippen molar-refractivity contribution in [3.63, 3.8) is 0 Å². The number of esters is 1. The van der Waals surface area contributed by atoms with Crippen molar-refractivity contribution in [2.24, 2.45) is 4.40 Å². The lowest BCUT2D eigenvalue weighted by Gasteiger charge is -2.10. The number of nitrogens with one attached hydrogen (secondary N) is 1. The van der Waals surface area contributed by atoms with Gasteiger partial charge in [-0.15, -0.1) is 4.40 Å². The molecule has 0 aliphatic carbocycles.